The molecule has 0 aromatic carbocycles. The standard InChI is InChI=1S/C10H17NO2/c11-9(10(12)13)7-8-5-3-1-2-4-6-8/h1-2,8-9H,3-7,11H2,(H,12,13). The average molecular weight is 183 g/mol. The molecule has 0 spiro atoms. The van der Waals surface area contributed by atoms with E-state index >= 15 is 0 Å². The third-order valence-electron chi connectivity index (χ3n) is 2.55. The first-order chi connectivity index (χ1) is 6.20. The molecule has 0 bridgehead atoms. The second-order valence-corrected chi connectivity index (χ2v) is 3.67. The molecule has 1 aliphatic carbocycles. The second-order valence-electron chi connectivity index (χ2n) is 3.67. The predicted molar refractivity (Wildman–Crippen MR) is 51.3 cm³/mol. The Bertz CT molecular complexity index is 191. The van der Waals surface area contributed by atoms with Crippen LogP contribution in [0.25, 0.3) is 0 Å². The zero-order valence-corrected chi connectivity index (χ0v) is 7.78. The van der Waals surface area contributed by atoms with E-state index in [9.17, 15) is 4.79 Å². The van der Waals surface area contributed by atoms with Crippen LogP contribution in [0, 0.1) is 5.92 Å². The molecular formula is C10H17NO2. The fourth-order valence-electron chi connectivity index (χ4n) is 1.74. The molecule has 74 valence electrons. The predicted octanol–water partition coefficient (Wildman–Crippen LogP) is 1.53. The van der Waals surface area contributed by atoms with Gasteiger partial charge in [-0.15, -0.1) is 0 Å². The van der Waals surface area contributed by atoms with Gasteiger partial charge in [0.15, 0.2) is 0 Å². The molecular weight excluding hydrogens is 166 g/mol. The first-order valence-electron chi connectivity index (χ1n) is 4.83. The van der Waals surface area contributed by atoms with Crippen LogP contribution in [0.4, 0.5) is 0 Å². The summed E-state index contributed by atoms with van der Waals surface area (Å²) >= 11 is 0. The van der Waals surface area contributed by atoms with E-state index in [0.29, 0.717) is 12.3 Å². The number of carboxylic acid groups (broad SMARTS) is 1. The molecule has 0 saturated heterocycles. The molecule has 0 aliphatic heterocycles. The Morgan fingerprint density at radius 1 is 1.46 bits per heavy atom. The van der Waals surface area contributed by atoms with Crippen molar-refractivity contribution in [3.8, 4) is 0 Å². The van der Waals surface area contributed by atoms with Crippen LogP contribution in [0.15, 0.2) is 12.2 Å². The summed E-state index contributed by atoms with van der Waals surface area (Å²) < 4.78 is 0. The Morgan fingerprint density at radius 2 is 2.00 bits per heavy atom. The fraction of sp³-hybridized carbons (Fsp3) is 0.700. The molecule has 1 atom stereocenters. The number of carbonyl (C=O) groups is 1. The zero-order chi connectivity index (χ0) is 9.68. The van der Waals surface area contributed by atoms with Crippen LogP contribution in [-0.2, 0) is 4.79 Å². The van der Waals surface area contributed by atoms with E-state index in [-0.39, 0.29) is 0 Å². The van der Waals surface area contributed by atoms with Gasteiger partial charge in [-0.05, 0) is 38.0 Å². The maximum absolute atomic E-state index is 10.5. The van der Waals surface area contributed by atoms with Crippen LogP contribution in [0.1, 0.15) is 32.1 Å². The van der Waals surface area contributed by atoms with Gasteiger partial charge in [0.05, 0.1) is 0 Å². The van der Waals surface area contributed by atoms with E-state index in [2.05, 4.69) is 12.2 Å². The lowest BCUT2D eigenvalue weighted by Crippen LogP contribution is -2.32. The summed E-state index contributed by atoms with van der Waals surface area (Å²) in [5.74, 6) is -0.390. The Labute approximate surface area is 78.6 Å². The van der Waals surface area contributed by atoms with Crippen molar-refractivity contribution < 1.29 is 9.90 Å². The Balaban J connectivity index is 2.31. The minimum Gasteiger partial charge on any atom is -0.480 e. The van der Waals surface area contributed by atoms with Gasteiger partial charge in [0, 0.05) is 0 Å². The summed E-state index contributed by atoms with van der Waals surface area (Å²) in [7, 11) is 0. The normalized spacial score (nSPS) is 21.0. The number of aliphatic carboxylic acids is 1. The molecule has 1 aliphatic rings. The van der Waals surface area contributed by atoms with Crippen LogP contribution in [0.5, 0.6) is 0 Å². The van der Waals surface area contributed by atoms with Gasteiger partial charge in [0.1, 0.15) is 6.04 Å². The number of hydrogen-bond acceptors (Lipinski definition) is 2. The lowest BCUT2D eigenvalue weighted by Gasteiger charge is -2.15. The first-order valence-corrected chi connectivity index (χ1v) is 4.83. The van der Waals surface area contributed by atoms with E-state index < -0.39 is 12.0 Å². The zero-order valence-electron chi connectivity index (χ0n) is 7.78. The highest BCUT2D eigenvalue weighted by atomic mass is 16.4. The van der Waals surface area contributed by atoms with Crippen molar-refractivity contribution in [3.05, 3.63) is 12.2 Å². The molecule has 0 fully saturated rings. The van der Waals surface area contributed by atoms with Crippen molar-refractivity contribution in [1.82, 2.24) is 0 Å². The smallest absolute Gasteiger partial charge is 0.320 e. The van der Waals surface area contributed by atoms with Crippen molar-refractivity contribution in [2.45, 2.75) is 38.1 Å². The molecule has 0 aromatic rings. The molecule has 3 heteroatoms. The van der Waals surface area contributed by atoms with Crippen LogP contribution < -0.4 is 5.73 Å². The lowest BCUT2D eigenvalue weighted by atomic mass is 9.93. The van der Waals surface area contributed by atoms with Crippen molar-refractivity contribution >= 4 is 5.97 Å². The largest absolute Gasteiger partial charge is 0.480 e. The number of hydrogen-bond donors (Lipinski definition) is 2. The number of allylic oxidation sites excluding steroid dienone is 2. The minimum atomic E-state index is -0.878. The van der Waals surface area contributed by atoms with Crippen molar-refractivity contribution in [1.29, 1.82) is 0 Å². The molecule has 13 heavy (non-hydrogen) atoms. The molecule has 3 nitrogen and oxygen atoms in total. The molecule has 0 saturated carbocycles. The summed E-state index contributed by atoms with van der Waals surface area (Å²) in [4.78, 5) is 10.5. The van der Waals surface area contributed by atoms with Crippen LogP contribution >= 0.6 is 0 Å². The number of rotatable bonds is 3. The molecule has 0 heterocycles. The monoisotopic (exact) mass is 183 g/mol. The molecule has 1 rings (SSSR count). The number of carboxylic acids is 1. The maximum Gasteiger partial charge on any atom is 0.320 e. The minimum absolute atomic E-state index is 0.487. The molecule has 0 amide bonds. The second kappa shape index (κ2) is 5.02. The van der Waals surface area contributed by atoms with E-state index in [1.807, 2.05) is 0 Å². The van der Waals surface area contributed by atoms with E-state index in [4.69, 9.17) is 10.8 Å². The quantitative estimate of drug-likeness (QED) is 0.652. The number of nitrogens with two attached hydrogens (primary N) is 1. The lowest BCUT2D eigenvalue weighted by molar-refractivity contribution is -0.139. The van der Waals surface area contributed by atoms with Gasteiger partial charge in [-0.25, -0.2) is 0 Å². The topological polar surface area (TPSA) is 63.3 Å². The molecule has 3 N–H and O–H groups in total. The average Bonchev–Trinajstić information content (AvgIpc) is 2.32. The molecule has 0 aromatic heterocycles. The van der Waals surface area contributed by atoms with Gasteiger partial charge in [-0.1, -0.05) is 12.2 Å². The van der Waals surface area contributed by atoms with Gasteiger partial charge < -0.3 is 10.8 Å². The van der Waals surface area contributed by atoms with Gasteiger partial charge in [-0.2, -0.15) is 0 Å². The van der Waals surface area contributed by atoms with Gasteiger partial charge in [-0.3, -0.25) is 4.79 Å². The third kappa shape index (κ3) is 3.59. The van der Waals surface area contributed by atoms with Gasteiger partial charge >= 0.3 is 5.97 Å². The van der Waals surface area contributed by atoms with Crippen molar-refractivity contribution in [3.63, 3.8) is 0 Å². The highest BCUT2D eigenvalue weighted by Gasteiger charge is 2.18. The van der Waals surface area contributed by atoms with Gasteiger partial charge in [0.2, 0.25) is 0 Å². The van der Waals surface area contributed by atoms with Crippen LogP contribution in [-0.4, -0.2) is 17.1 Å². The molecule has 0 radical (unpaired) electrons. The van der Waals surface area contributed by atoms with Crippen molar-refractivity contribution in [2.24, 2.45) is 11.7 Å². The summed E-state index contributed by atoms with van der Waals surface area (Å²) in [5.41, 5.74) is 5.48. The highest BCUT2D eigenvalue weighted by molar-refractivity contribution is 5.73. The Hall–Kier alpha value is -0.830. The fourth-order valence-corrected chi connectivity index (χ4v) is 1.74. The summed E-state index contributed by atoms with van der Waals surface area (Å²) in [6.45, 7) is 0. The SMILES string of the molecule is NC(CC1CCC=CCC1)C(=O)O. The maximum atomic E-state index is 10.5. The summed E-state index contributed by atoms with van der Waals surface area (Å²) in [6, 6.07) is -0.678. The highest BCUT2D eigenvalue weighted by Crippen LogP contribution is 2.22. The summed E-state index contributed by atoms with van der Waals surface area (Å²) in [6.07, 6.45) is 9.26. The first kappa shape index (κ1) is 10.3. The summed E-state index contributed by atoms with van der Waals surface area (Å²) in [5, 5.41) is 8.64. The Kier molecular flexibility index (Phi) is 3.96. The van der Waals surface area contributed by atoms with E-state index in [1.165, 1.54) is 0 Å². The van der Waals surface area contributed by atoms with E-state index in [0.717, 1.165) is 25.7 Å². The third-order valence-corrected chi connectivity index (χ3v) is 2.55. The van der Waals surface area contributed by atoms with Crippen LogP contribution in [0.3, 0.4) is 0 Å². The van der Waals surface area contributed by atoms with Crippen LogP contribution in [0.2, 0.25) is 0 Å². The van der Waals surface area contributed by atoms with E-state index in [1.54, 1.807) is 0 Å². The Morgan fingerprint density at radius 3 is 2.46 bits per heavy atom. The van der Waals surface area contributed by atoms with Gasteiger partial charge in [0.25, 0.3) is 0 Å². The molecule has 1 unspecified atom stereocenters. The van der Waals surface area contributed by atoms with Crippen molar-refractivity contribution in [2.75, 3.05) is 0 Å².